The van der Waals surface area contributed by atoms with Crippen LogP contribution in [0.2, 0.25) is 0 Å². The fourth-order valence-corrected chi connectivity index (χ4v) is 4.29. The molecule has 3 N–H and O–H groups in total. The Balaban J connectivity index is 1.49. The van der Waals surface area contributed by atoms with Gasteiger partial charge in [0.1, 0.15) is 18.2 Å². The number of fused-ring (bicyclic) bond motifs is 2. The molecule has 1 aliphatic heterocycles. The van der Waals surface area contributed by atoms with Crippen molar-refractivity contribution in [3.05, 3.63) is 94.5 Å². The Kier molecular flexibility index (Phi) is 5.11. The van der Waals surface area contributed by atoms with E-state index >= 15 is 0 Å². The normalized spacial score (nSPS) is 15.0. The van der Waals surface area contributed by atoms with Gasteiger partial charge in [0.15, 0.2) is 11.5 Å². The van der Waals surface area contributed by atoms with Gasteiger partial charge in [-0.3, -0.25) is 5.10 Å². The number of nitrogens with zero attached hydrogens (tertiary/aromatic N) is 2. The molecule has 0 saturated heterocycles. The number of aromatic amines is 1. The predicted octanol–water partition coefficient (Wildman–Crippen LogP) is 4.68. The first kappa shape index (κ1) is 20.5. The zero-order chi connectivity index (χ0) is 22.9. The monoisotopic (exact) mass is 438 g/mol. The van der Waals surface area contributed by atoms with Crippen LogP contribution < -0.4 is 19.9 Å². The topological polar surface area (TPSA) is 106 Å². The fourth-order valence-electron chi connectivity index (χ4n) is 4.29. The van der Waals surface area contributed by atoms with Crippen LogP contribution in [0.4, 0.5) is 0 Å². The van der Waals surface area contributed by atoms with Crippen molar-refractivity contribution < 1.29 is 14.2 Å². The van der Waals surface area contributed by atoms with Gasteiger partial charge in [0.25, 0.3) is 0 Å². The molecule has 0 amide bonds. The number of H-pyrrole nitrogens is 1. The van der Waals surface area contributed by atoms with Crippen LogP contribution >= 0.6 is 0 Å². The van der Waals surface area contributed by atoms with Crippen LogP contribution in [0.5, 0.6) is 17.4 Å². The summed E-state index contributed by atoms with van der Waals surface area (Å²) in [5.74, 6) is 1.19. The fraction of sp³-hybridized carbons (Fsp3) is 0.154. The van der Waals surface area contributed by atoms with E-state index in [9.17, 15) is 5.26 Å². The molecular formula is C26H22N4O3. The summed E-state index contributed by atoms with van der Waals surface area (Å²) in [5, 5.41) is 19.2. The molecule has 1 aliphatic rings. The number of ether oxygens (including phenoxy) is 3. The molecule has 0 radical (unpaired) electrons. The largest absolute Gasteiger partial charge is 0.493 e. The zero-order valence-electron chi connectivity index (χ0n) is 18.3. The lowest BCUT2D eigenvalue weighted by Gasteiger charge is -2.24. The average molecular weight is 438 g/mol. The van der Waals surface area contributed by atoms with Crippen LogP contribution in [0, 0.1) is 18.3 Å². The summed E-state index contributed by atoms with van der Waals surface area (Å²) in [6.07, 6.45) is 0. The number of benzene rings is 3. The molecular weight excluding hydrogens is 416 g/mol. The number of aromatic nitrogens is 2. The van der Waals surface area contributed by atoms with E-state index in [1.807, 2.05) is 43.3 Å². The van der Waals surface area contributed by atoms with Crippen LogP contribution in [0.25, 0.3) is 10.8 Å². The molecule has 0 aliphatic carbocycles. The molecule has 7 nitrogen and oxygen atoms in total. The Morgan fingerprint density at radius 3 is 2.76 bits per heavy atom. The van der Waals surface area contributed by atoms with Crippen LogP contribution in [0.15, 0.2) is 72.1 Å². The van der Waals surface area contributed by atoms with Crippen molar-refractivity contribution >= 4 is 10.8 Å². The van der Waals surface area contributed by atoms with Gasteiger partial charge in [-0.1, -0.05) is 48.5 Å². The number of nitriles is 1. The maximum atomic E-state index is 9.77. The van der Waals surface area contributed by atoms with Crippen molar-refractivity contribution in [2.75, 3.05) is 7.11 Å². The molecule has 0 saturated carbocycles. The lowest BCUT2D eigenvalue weighted by Crippen LogP contribution is -2.21. The molecule has 0 bridgehead atoms. The second-order valence-electron chi connectivity index (χ2n) is 7.83. The highest BCUT2D eigenvalue weighted by atomic mass is 16.5. The SMILES string of the molecule is COc1cc(C2C(C#N)=C(N)Oc3n[nH]c(C)c32)ccc1OCc1cccc2ccccc12. The number of nitrogens with two attached hydrogens (primary N) is 1. The van der Waals surface area contributed by atoms with E-state index in [0.717, 1.165) is 27.8 Å². The molecule has 0 fully saturated rings. The maximum absolute atomic E-state index is 9.77. The highest BCUT2D eigenvalue weighted by Gasteiger charge is 2.34. The standard InChI is InChI=1S/C26H22N4O3/c1-15-23-24(20(13-27)25(28)33-26(23)30-29-15)17-10-11-21(22(12-17)31-2)32-14-18-8-5-7-16-6-3-4-9-19(16)18/h3-12,24H,14,28H2,1-2H3,(H,29,30). The van der Waals surface area contributed by atoms with Crippen LogP contribution in [0.1, 0.15) is 28.3 Å². The smallest absolute Gasteiger partial charge is 0.244 e. The van der Waals surface area contributed by atoms with Crippen molar-refractivity contribution in [3.8, 4) is 23.4 Å². The molecule has 1 unspecified atom stereocenters. The summed E-state index contributed by atoms with van der Waals surface area (Å²) in [4.78, 5) is 0. The number of nitrogens with one attached hydrogen (secondary N) is 1. The van der Waals surface area contributed by atoms with Crippen LogP contribution in [0.3, 0.4) is 0 Å². The highest BCUT2D eigenvalue weighted by molar-refractivity contribution is 5.85. The Hall–Kier alpha value is -4.44. The number of hydrogen-bond acceptors (Lipinski definition) is 6. The first-order valence-corrected chi connectivity index (χ1v) is 10.5. The average Bonchev–Trinajstić information content (AvgIpc) is 3.21. The summed E-state index contributed by atoms with van der Waals surface area (Å²) in [6, 6.07) is 22.2. The summed E-state index contributed by atoms with van der Waals surface area (Å²) < 4.78 is 17.3. The minimum absolute atomic E-state index is 0.0525. The minimum Gasteiger partial charge on any atom is -0.493 e. The van der Waals surface area contributed by atoms with Gasteiger partial charge >= 0.3 is 0 Å². The Labute approximate surface area is 191 Å². The minimum atomic E-state index is -0.418. The predicted molar refractivity (Wildman–Crippen MR) is 124 cm³/mol. The van der Waals surface area contributed by atoms with E-state index in [1.54, 1.807) is 7.11 Å². The van der Waals surface area contributed by atoms with Gasteiger partial charge in [0.05, 0.1) is 13.0 Å². The third-order valence-electron chi connectivity index (χ3n) is 5.91. The van der Waals surface area contributed by atoms with Crippen molar-refractivity contribution in [1.29, 1.82) is 5.26 Å². The van der Waals surface area contributed by atoms with E-state index in [1.165, 1.54) is 5.39 Å². The van der Waals surface area contributed by atoms with E-state index in [0.29, 0.717) is 29.6 Å². The number of methoxy groups -OCH3 is 1. The molecule has 164 valence electrons. The second kappa shape index (κ2) is 8.24. The molecule has 0 spiro atoms. The van der Waals surface area contributed by atoms with Crippen molar-refractivity contribution in [2.45, 2.75) is 19.4 Å². The quantitative estimate of drug-likeness (QED) is 0.469. The van der Waals surface area contributed by atoms with E-state index < -0.39 is 5.92 Å². The van der Waals surface area contributed by atoms with Crippen LogP contribution in [-0.4, -0.2) is 17.3 Å². The van der Waals surface area contributed by atoms with Gasteiger partial charge in [-0.05, 0) is 41.0 Å². The molecule has 33 heavy (non-hydrogen) atoms. The van der Waals surface area contributed by atoms with Gasteiger partial charge in [-0.15, -0.1) is 5.10 Å². The Bertz CT molecular complexity index is 1430. The van der Waals surface area contributed by atoms with Crippen molar-refractivity contribution in [1.82, 2.24) is 10.2 Å². The van der Waals surface area contributed by atoms with Crippen molar-refractivity contribution in [2.24, 2.45) is 5.73 Å². The van der Waals surface area contributed by atoms with Gasteiger partial charge < -0.3 is 19.9 Å². The Morgan fingerprint density at radius 2 is 1.94 bits per heavy atom. The van der Waals surface area contributed by atoms with Gasteiger partial charge in [-0.25, -0.2) is 0 Å². The molecule has 7 heteroatoms. The second-order valence-corrected chi connectivity index (χ2v) is 7.83. The molecule has 5 rings (SSSR count). The van der Waals surface area contributed by atoms with E-state index in [2.05, 4.69) is 40.5 Å². The molecule has 4 aromatic rings. The third-order valence-corrected chi connectivity index (χ3v) is 5.91. The summed E-state index contributed by atoms with van der Waals surface area (Å²) >= 11 is 0. The first-order valence-electron chi connectivity index (χ1n) is 10.5. The molecule has 2 heterocycles. The van der Waals surface area contributed by atoms with Gasteiger partial charge in [0, 0.05) is 11.3 Å². The highest BCUT2D eigenvalue weighted by Crippen LogP contribution is 2.44. The van der Waals surface area contributed by atoms with E-state index in [-0.39, 0.29) is 5.88 Å². The number of hydrogen-bond donors (Lipinski definition) is 2. The van der Waals surface area contributed by atoms with Gasteiger partial charge in [0.2, 0.25) is 11.8 Å². The number of rotatable bonds is 5. The molecule has 1 aromatic heterocycles. The van der Waals surface area contributed by atoms with Gasteiger partial charge in [-0.2, -0.15) is 5.26 Å². The summed E-state index contributed by atoms with van der Waals surface area (Å²) in [5.41, 5.74) is 9.87. The molecule has 1 atom stereocenters. The van der Waals surface area contributed by atoms with E-state index in [4.69, 9.17) is 19.9 Å². The molecule has 3 aromatic carbocycles. The first-order chi connectivity index (χ1) is 16.1. The summed E-state index contributed by atoms with van der Waals surface area (Å²) in [6.45, 7) is 2.28. The lowest BCUT2D eigenvalue weighted by atomic mass is 9.84. The summed E-state index contributed by atoms with van der Waals surface area (Å²) in [7, 11) is 1.60. The zero-order valence-corrected chi connectivity index (χ0v) is 18.3. The van der Waals surface area contributed by atoms with Crippen LogP contribution in [-0.2, 0) is 6.61 Å². The number of allylic oxidation sites excluding steroid dienone is 1. The van der Waals surface area contributed by atoms with Crippen molar-refractivity contribution in [3.63, 3.8) is 0 Å². The lowest BCUT2D eigenvalue weighted by molar-refractivity contribution is 0.285. The third kappa shape index (κ3) is 3.52. The Morgan fingerprint density at radius 1 is 1.12 bits per heavy atom. The maximum Gasteiger partial charge on any atom is 0.244 e. The number of aryl methyl sites for hydroxylation is 1.